The molecule has 1 unspecified atom stereocenters. The van der Waals surface area contributed by atoms with Crippen LogP contribution in [0.25, 0.3) is 0 Å². The summed E-state index contributed by atoms with van der Waals surface area (Å²) >= 11 is 0. The minimum Gasteiger partial charge on any atom is -0.468 e. The van der Waals surface area contributed by atoms with E-state index in [2.05, 4.69) is 17.0 Å². The summed E-state index contributed by atoms with van der Waals surface area (Å²) in [7, 11) is 1.40. The van der Waals surface area contributed by atoms with Crippen molar-refractivity contribution < 1.29 is 9.53 Å². The number of rotatable bonds is 3. The summed E-state index contributed by atoms with van der Waals surface area (Å²) in [5.41, 5.74) is 6.54. The van der Waals surface area contributed by atoms with Gasteiger partial charge in [0.05, 0.1) is 7.11 Å². The fourth-order valence-electron chi connectivity index (χ4n) is 2.52. The lowest BCUT2D eigenvalue weighted by atomic mass is 9.90. The molecular formula is C14H20N2O2. The first-order valence-corrected chi connectivity index (χ1v) is 6.28. The maximum Gasteiger partial charge on any atom is 0.327 e. The Kier molecular flexibility index (Phi) is 3.99. The van der Waals surface area contributed by atoms with Crippen molar-refractivity contribution in [3.05, 3.63) is 35.9 Å². The van der Waals surface area contributed by atoms with Crippen LogP contribution in [0.5, 0.6) is 0 Å². The third-order valence-corrected chi connectivity index (χ3v) is 3.44. The minimum atomic E-state index is -0.845. The molecule has 0 aliphatic carbocycles. The summed E-state index contributed by atoms with van der Waals surface area (Å²) in [5, 5.41) is 0. The van der Waals surface area contributed by atoms with E-state index < -0.39 is 5.54 Å². The van der Waals surface area contributed by atoms with E-state index in [1.54, 1.807) is 0 Å². The second-order valence-corrected chi connectivity index (χ2v) is 4.95. The van der Waals surface area contributed by atoms with Crippen LogP contribution >= 0.6 is 0 Å². The Morgan fingerprint density at radius 3 is 2.83 bits per heavy atom. The predicted octanol–water partition coefficient (Wildman–Crippen LogP) is 1.15. The maximum atomic E-state index is 11.7. The topological polar surface area (TPSA) is 55.6 Å². The van der Waals surface area contributed by atoms with Gasteiger partial charge < -0.3 is 10.5 Å². The molecule has 0 saturated carbocycles. The molecule has 1 aliphatic rings. The van der Waals surface area contributed by atoms with E-state index in [1.165, 1.54) is 12.7 Å². The molecule has 0 radical (unpaired) electrons. The maximum absolute atomic E-state index is 11.7. The molecule has 1 atom stereocenters. The minimum absolute atomic E-state index is 0.305. The Bertz CT molecular complexity index is 408. The molecule has 1 fully saturated rings. The van der Waals surface area contributed by atoms with Crippen molar-refractivity contribution in [2.24, 2.45) is 5.73 Å². The van der Waals surface area contributed by atoms with Gasteiger partial charge in [-0.25, -0.2) is 0 Å². The number of ether oxygens (including phenoxy) is 1. The highest BCUT2D eigenvalue weighted by Crippen LogP contribution is 2.21. The fraction of sp³-hybridized carbons (Fsp3) is 0.500. The quantitative estimate of drug-likeness (QED) is 0.815. The van der Waals surface area contributed by atoms with E-state index in [9.17, 15) is 4.79 Å². The van der Waals surface area contributed by atoms with Gasteiger partial charge in [0, 0.05) is 13.1 Å². The van der Waals surface area contributed by atoms with Gasteiger partial charge in [-0.05, 0) is 24.9 Å². The zero-order chi connectivity index (χ0) is 13.0. The number of nitrogens with zero attached hydrogens (tertiary/aromatic N) is 1. The smallest absolute Gasteiger partial charge is 0.327 e. The summed E-state index contributed by atoms with van der Waals surface area (Å²) in [5.74, 6) is -0.305. The Hall–Kier alpha value is -1.39. The second-order valence-electron chi connectivity index (χ2n) is 4.95. The molecule has 2 rings (SSSR count). The Balaban J connectivity index is 2.01. The molecule has 0 amide bonds. The van der Waals surface area contributed by atoms with Crippen LogP contribution in [0.1, 0.15) is 18.4 Å². The molecule has 18 heavy (non-hydrogen) atoms. The van der Waals surface area contributed by atoms with Crippen LogP contribution < -0.4 is 5.73 Å². The average Bonchev–Trinajstić information content (AvgIpc) is 2.39. The number of likely N-dealkylation sites (tertiary alicyclic amines) is 1. The predicted molar refractivity (Wildman–Crippen MR) is 69.9 cm³/mol. The van der Waals surface area contributed by atoms with Crippen molar-refractivity contribution in [2.45, 2.75) is 24.9 Å². The highest BCUT2D eigenvalue weighted by atomic mass is 16.5. The molecule has 0 bridgehead atoms. The number of piperidine rings is 1. The number of hydrogen-bond acceptors (Lipinski definition) is 4. The van der Waals surface area contributed by atoms with Gasteiger partial charge in [-0.15, -0.1) is 0 Å². The van der Waals surface area contributed by atoms with Gasteiger partial charge in [-0.1, -0.05) is 30.3 Å². The van der Waals surface area contributed by atoms with E-state index in [0.29, 0.717) is 13.0 Å². The molecule has 2 N–H and O–H groups in total. The Morgan fingerprint density at radius 2 is 2.17 bits per heavy atom. The van der Waals surface area contributed by atoms with Crippen molar-refractivity contribution in [3.63, 3.8) is 0 Å². The van der Waals surface area contributed by atoms with E-state index in [0.717, 1.165) is 19.5 Å². The highest BCUT2D eigenvalue weighted by molar-refractivity contribution is 5.80. The lowest BCUT2D eigenvalue weighted by Crippen LogP contribution is -2.59. The first kappa shape index (κ1) is 13.1. The molecular weight excluding hydrogens is 228 g/mol. The number of carbonyl (C=O) groups is 1. The molecule has 1 aromatic carbocycles. The van der Waals surface area contributed by atoms with Gasteiger partial charge in [0.2, 0.25) is 0 Å². The molecule has 1 saturated heterocycles. The van der Waals surface area contributed by atoms with E-state index in [-0.39, 0.29) is 5.97 Å². The lowest BCUT2D eigenvalue weighted by molar-refractivity contribution is -0.149. The van der Waals surface area contributed by atoms with Crippen LogP contribution in [0.4, 0.5) is 0 Å². The summed E-state index contributed by atoms with van der Waals surface area (Å²) in [4.78, 5) is 13.9. The van der Waals surface area contributed by atoms with Crippen molar-refractivity contribution >= 4 is 5.97 Å². The molecule has 4 nitrogen and oxygen atoms in total. The molecule has 0 aromatic heterocycles. The van der Waals surface area contributed by atoms with Crippen LogP contribution in [0.15, 0.2) is 30.3 Å². The van der Waals surface area contributed by atoms with Gasteiger partial charge in [0.15, 0.2) is 0 Å². The van der Waals surface area contributed by atoms with Gasteiger partial charge in [0.1, 0.15) is 5.54 Å². The summed E-state index contributed by atoms with van der Waals surface area (Å²) in [6.07, 6.45) is 1.63. The van der Waals surface area contributed by atoms with Crippen LogP contribution in [0.2, 0.25) is 0 Å². The fourth-order valence-corrected chi connectivity index (χ4v) is 2.52. The highest BCUT2D eigenvalue weighted by Gasteiger charge is 2.39. The van der Waals surface area contributed by atoms with E-state index in [4.69, 9.17) is 10.5 Å². The first-order chi connectivity index (χ1) is 8.64. The van der Waals surface area contributed by atoms with Crippen molar-refractivity contribution in [2.75, 3.05) is 20.2 Å². The second kappa shape index (κ2) is 5.50. The number of nitrogens with two attached hydrogens (primary N) is 1. The molecule has 1 aliphatic heterocycles. The lowest BCUT2D eigenvalue weighted by Gasteiger charge is -2.38. The van der Waals surface area contributed by atoms with Crippen LogP contribution in [-0.4, -0.2) is 36.6 Å². The average molecular weight is 248 g/mol. The van der Waals surface area contributed by atoms with Gasteiger partial charge in [-0.3, -0.25) is 9.69 Å². The van der Waals surface area contributed by atoms with Gasteiger partial charge in [-0.2, -0.15) is 0 Å². The zero-order valence-electron chi connectivity index (χ0n) is 10.8. The molecule has 4 heteroatoms. The monoisotopic (exact) mass is 248 g/mol. The van der Waals surface area contributed by atoms with E-state index >= 15 is 0 Å². The molecule has 0 spiro atoms. The van der Waals surface area contributed by atoms with Crippen LogP contribution in [-0.2, 0) is 16.1 Å². The number of methoxy groups -OCH3 is 1. The number of hydrogen-bond donors (Lipinski definition) is 1. The normalized spacial score (nSPS) is 24.8. The van der Waals surface area contributed by atoms with E-state index in [1.807, 2.05) is 18.2 Å². The first-order valence-electron chi connectivity index (χ1n) is 6.28. The molecule has 1 heterocycles. The van der Waals surface area contributed by atoms with Crippen LogP contribution in [0.3, 0.4) is 0 Å². The third kappa shape index (κ3) is 2.89. The van der Waals surface area contributed by atoms with Crippen molar-refractivity contribution in [1.82, 2.24) is 4.90 Å². The summed E-state index contributed by atoms with van der Waals surface area (Å²) < 4.78 is 4.80. The zero-order valence-corrected chi connectivity index (χ0v) is 10.8. The molecule has 1 aromatic rings. The van der Waals surface area contributed by atoms with Crippen molar-refractivity contribution in [3.8, 4) is 0 Å². The SMILES string of the molecule is COC(=O)C1(N)CCCN(Cc2ccccc2)C1. The summed E-state index contributed by atoms with van der Waals surface area (Å²) in [6.45, 7) is 2.37. The standard InChI is InChI=1S/C14H20N2O2/c1-18-13(17)14(15)8-5-9-16(11-14)10-12-6-3-2-4-7-12/h2-4,6-7H,5,8-11,15H2,1H3. The number of esters is 1. The Morgan fingerprint density at radius 1 is 1.44 bits per heavy atom. The number of benzene rings is 1. The Labute approximate surface area is 108 Å². The number of carbonyl (C=O) groups excluding carboxylic acids is 1. The third-order valence-electron chi connectivity index (χ3n) is 3.44. The van der Waals surface area contributed by atoms with Gasteiger partial charge in [0.25, 0.3) is 0 Å². The largest absolute Gasteiger partial charge is 0.468 e. The molecule has 98 valence electrons. The van der Waals surface area contributed by atoms with Crippen LogP contribution in [0, 0.1) is 0 Å². The van der Waals surface area contributed by atoms with Crippen molar-refractivity contribution in [1.29, 1.82) is 0 Å². The van der Waals surface area contributed by atoms with Gasteiger partial charge >= 0.3 is 5.97 Å². The summed E-state index contributed by atoms with van der Waals surface area (Å²) in [6, 6.07) is 10.2.